The highest BCUT2D eigenvalue weighted by Crippen LogP contribution is 2.34. The van der Waals surface area contributed by atoms with Crippen LogP contribution in [0.5, 0.6) is 0 Å². The normalized spacial score (nSPS) is 17.8. The lowest BCUT2D eigenvalue weighted by Crippen LogP contribution is -2.28. The Morgan fingerprint density at radius 2 is 1.84 bits per heavy atom. The van der Waals surface area contributed by atoms with Crippen molar-refractivity contribution in [3.05, 3.63) is 80.6 Å². The molecule has 2 aliphatic heterocycles. The third-order valence-corrected chi connectivity index (χ3v) is 7.14. The van der Waals surface area contributed by atoms with Crippen LogP contribution in [0.15, 0.2) is 58.4 Å². The van der Waals surface area contributed by atoms with Crippen LogP contribution < -0.4 is 10.5 Å². The molecule has 162 valence electrons. The number of aryl methyl sites for hydroxylation is 1. The zero-order chi connectivity index (χ0) is 22.2. The number of nitrogens with zero attached hydrogens (tertiary/aromatic N) is 4. The number of thiocarbonyl (C=S) groups is 1. The second-order valence-electron chi connectivity index (χ2n) is 8.03. The molecule has 1 amide bonds. The van der Waals surface area contributed by atoms with Gasteiger partial charge in [0, 0.05) is 19.3 Å². The van der Waals surface area contributed by atoms with Crippen molar-refractivity contribution in [2.75, 3.05) is 18.0 Å². The van der Waals surface area contributed by atoms with Gasteiger partial charge in [0.15, 0.2) is 0 Å². The molecule has 32 heavy (non-hydrogen) atoms. The Bertz CT molecular complexity index is 1310. The molecule has 0 spiro atoms. The van der Waals surface area contributed by atoms with E-state index in [4.69, 9.17) is 17.2 Å². The second-order valence-corrected chi connectivity index (χ2v) is 9.71. The molecule has 3 aromatic rings. The van der Waals surface area contributed by atoms with Gasteiger partial charge in [-0.1, -0.05) is 59.9 Å². The molecule has 5 rings (SSSR count). The molecule has 8 heteroatoms. The molecule has 0 atom stereocenters. The molecular formula is C24H22N4O2S2. The Balaban J connectivity index is 1.54. The standard InChI is InChI=1S/C24H22N4O2S2/c1-16-7-9-17(10-8-16)15-28-23(30)19(32-24(28)31)14-18-21(26-11-4-5-12-26)25-20-6-2-3-13-27(20)22(18)29/h2-3,6-10,13-14H,4-5,11-12,15H2,1H3. The fourth-order valence-corrected chi connectivity index (χ4v) is 5.27. The first-order valence-corrected chi connectivity index (χ1v) is 11.8. The summed E-state index contributed by atoms with van der Waals surface area (Å²) in [6.07, 6.45) is 5.51. The van der Waals surface area contributed by atoms with E-state index >= 15 is 0 Å². The molecule has 2 fully saturated rings. The van der Waals surface area contributed by atoms with Crippen molar-refractivity contribution < 1.29 is 4.79 Å². The van der Waals surface area contributed by atoms with Gasteiger partial charge in [0.05, 0.1) is 17.0 Å². The molecule has 0 aliphatic carbocycles. The molecule has 6 nitrogen and oxygen atoms in total. The van der Waals surface area contributed by atoms with E-state index in [9.17, 15) is 9.59 Å². The van der Waals surface area contributed by atoms with Crippen molar-refractivity contribution in [3.63, 3.8) is 0 Å². The van der Waals surface area contributed by atoms with Gasteiger partial charge in [-0.25, -0.2) is 4.98 Å². The third-order valence-electron chi connectivity index (χ3n) is 5.76. The Kier molecular flexibility index (Phi) is 5.57. The number of carbonyl (C=O) groups excluding carboxylic acids is 1. The molecule has 2 aliphatic rings. The van der Waals surface area contributed by atoms with Gasteiger partial charge in [-0.2, -0.15) is 0 Å². The van der Waals surface area contributed by atoms with Gasteiger partial charge in [-0.05, 0) is 43.5 Å². The van der Waals surface area contributed by atoms with Gasteiger partial charge < -0.3 is 4.90 Å². The molecule has 4 heterocycles. The van der Waals surface area contributed by atoms with Crippen molar-refractivity contribution in [1.82, 2.24) is 14.3 Å². The van der Waals surface area contributed by atoms with Crippen molar-refractivity contribution >= 4 is 51.7 Å². The average molecular weight is 463 g/mol. The predicted octanol–water partition coefficient (Wildman–Crippen LogP) is 4.00. The van der Waals surface area contributed by atoms with E-state index < -0.39 is 0 Å². The summed E-state index contributed by atoms with van der Waals surface area (Å²) in [7, 11) is 0. The summed E-state index contributed by atoms with van der Waals surface area (Å²) in [6, 6.07) is 13.5. The molecule has 0 saturated carbocycles. The number of benzene rings is 1. The maximum Gasteiger partial charge on any atom is 0.267 e. The highest BCUT2D eigenvalue weighted by Gasteiger charge is 2.33. The van der Waals surface area contributed by atoms with Crippen LogP contribution in [0.4, 0.5) is 5.82 Å². The summed E-state index contributed by atoms with van der Waals surface area (Å²) >= 11 is 6.74. The van der Waals surface area contributed by atoms with Crippen molar-refractivity contribution in [1.29, 1.82) is 0 Å². The van der Waals surface area contributed by atoms with E-state index in [1.165, 1.54) is 16.2 Å². The third kappa shape index (κ3) is 3.84. The lowest BCUT2D eigenvalue weighted by atomic mass is 10.1. The zero-order valence-electron chi connectivity index (χ0n) is 17.7. The van der Waals surface area contributed by atoms with Gasteiger partial charge in [0.25, 0.3) is 11.5 Å². The SMILES string of the molecule is Cc1ccc(CN2C(=O)C(=Cc3c(N4CCCC4)nc4ccccn4c3=O)SC2=S)cc1. The van der Waals surface area contributed by atoms with Crippen LogP contribution in [-0.4, -0.2) is 37.6 Å². The maximum absolute atomic E-state index is 13.4. The van der Waals surface area contributed by atoms with Crippen molar-refractivity contribution in [2.45, 2.75) is 26.3 Å². The average Bonchev–Trinajstić information content (AvgIpc) is 3.42. The highest BCUT2D eigenvalue weighted by atomic mass is 32.2. The minimum Gasteiger partial charge on any atom is -0.356 e. The summed E-state index contributed by atoms with van der Waals surface area (Å²) in [5.74, 6) is 0.466. The number of hydrogen-bond acceptors (Lipinski definition) is 6. The topological polar surface area (TPSA) is 57.9 Å². The Morgan fingerprint density at radius 1 is 1.09 bits per heavy atom. The zero-order valence-corrected chi connectivity index (χ0v) is 19.3. The van der Waals surface area contributed by atoms with Gasteiger partial charge in [0.1, 0.15) is 15.8 Å². The Morgan fingerprint density at radius 3 is 2.59 bits per heavy atom. The smallest absolute Gasteiger partial charge is 0.267 e. The molecule has 0 unspecified atom stereocenters. The Labute approximate surface area is 195 Å². The summed E-state index contributed by atoms with van der Waals surface area (Å²) in [5, 5.41) is 0. The number of amides is 1. The first-order valence-electron chi connectivity index (χ1n) is 10.6. The van der Waals surface area contributed by atoms with E-state index in [1.54, 1.807) is 23.2 Å². The summed E-state index contributed by atoms with van der Waals surface area (Å²) in [6.45, 7) is 4.14. The van der Waals surface area contributed by atoms with Crippen LogP contribution in [0, 0.1) is 6.92 Å². The number of rotatable bonds is 4. The molecule has 2 aromatic heterocycles. The second kappa shape index (κ2) is 8.52. The fourth-order valence-electron chi connectivity index (χ4n) is 4.03. The molecule has 2 saturated heterocycles. The van der Waals surface area contributed by atoms with Crippen LogP contribution in [0.3, 0.4) is 0 Å². The lowest BCUT2D eigenvalue weighted by molar-refractivity contribution is -0.122. The monoisotopic (exact) mass is 462 g/mol. The van der Waals surface area contributed by atoms with E-state index in [1.807, 2.05) is 43.3 Å². The number of aromatic nitrogens is 2. The minimum absolute atomic E-state index is 0.175. The van der Waals surface area contributed by atoms with Crippen molar-refractivity contribution in [3.8, 4) is 0 Å². The number of anilines is 1. The summed E-state index contributed by atoms with van der Waals surface area (Å²) in [4.78, 5) is 35.5. The molecule has 0 radical (unpaired) electrons. The van der Waals surface area contributed by atoms with Gasteiger partial charge >= 0.3 is 0 Å². The summed E-state index contributed by atoms with van der Waals surface area (Å²) in [5.41, 5.74) is 3.03. The summed E-state index contributed by atoms with van der Waals surface area (Å²) < 4.78 is 2.02. The predicted molar refractivity (Wildman–Crippen MR) is 133 cm³/mol. The molecule has 1 aromatic carbocycles. The quantitative estimate of drug-likeness (QED) is 0.431. The molecular weight excluding hydrogens is 440 g/mol. The lowest BCUT2D eigenvalue weighted by Gasteiger charge is -2.19. The van der Waals surface area contributed by atoms with Crippen LogP contribution in [0.1, 0.15) is 29.5 Å². The van der Waals surface area contributed by atoms with Crippen LogP contribution in [-0.2, 0) is 11.3 Å². The van der Waals surface area contributed by atoms with E-state index in [-0.39, 0.29) is 11.5 Å². The fraction of sp³-hybridized carbons (Fsp3) is 0.250. The van der Waals surface area contributed by atoms with Crippen LogP contribution in [0.2, 0.25) is 0 Å². The van der Waals surface area contributed by atoms with E-state index in [2.05, 4.69) is 4.90 Å². The van der Waals surface area contributed by atoms with E-state index in [0.717, 1.165) is 37.1 Å². The molecule has 0 bridgehead atoms. The number of carbonyl (C=O) groups is 1. The van der Waals surface area contributed by atoms with Gasteiger partial charge in [-0.15, -0.1) is 0 Å². The number of thioether (sulfide) groups is 1. The van der Waals surface area contributed by atoms with Gasteiger partial charge in [0.2, 0.25) is 0 Å². The number of hydrogen-bond donors (Lipinski definition) is 0. The van der Waals surface area contributed by atoms with Crippen LogP contribution in [0.25, 0.3) is 11.7 Å². The Hall–Kier alpha value is -2.97. The van der Waals surface area contributed by atoms with Gasteiger partial charge in [-0.3, -0.25) is 18.9 Å². The highest BCUT2D eigenvalue weighted by molar-refractivity contribution is 8.26. The molecule has 0 N–H and O–H groups in total. The van der Waals surface area contributed by atoms with E-state index in [0.29, 0.717) is 32.8 Å². The van der Waals surface area contributed by atoms with Crippen LogP contribution >= 0.6 is 24.0 Å². The van der Waals surface area contributed by atoms with Crippen molar-refractivity contribution in [2.24, 2.45) is 0 Å². The first-order chi connectivity index (χ1) is 15.5. The minimum atomic E-state index is -0.179. The maximum atomic E-state index is 13.4. The number of fused-ring (bicyclic) bond motifs is 1. The largest absolute Gasteiger partial charge is 0.356 e. The first kappa shape index (κ1) is 20.9. The number of pyridine rings is 1.